The summed E-state index contributed by atoms with van der Waals surface area (Å²) in [5.41, 5.74) is 2.70. The number of carbonyl (C=O) groups excluding carboxylic acids is 4. The lowest BCUT2D eigenvalue weighted by atomic mass is 9.79. The Hall–Kier alpha value is -3.43. The van der Waals surface area contributed by atoms with Crippen LogP contribution in [0.5, 0.6) is 0 Å². The fourth-order valence-electron chi connectivity index (χ4n) is 5.23. The summed E-state index contributed by atoms with van der Waals surface area (Å²) >= 11 is 0. The second-order valence-corrected chi connectivity index (χ2v) is 9.72. The van der Waals surface area contributed by atoms with Gasteiger partial charge in [0.05, 0.1) is 30.4 Å². The van der Waals surface area contributed by atoms with Gasteiger partial charge in [0.15, 0.2) is 0 Å². The normalized spacial score (nSPS) is 22.9. The van der Waals surface area contributed by atoms with Crippen molar-refractivity contribution in [3.8, 4) is 0 Å². The van der Waals surface area contributed by atoms with Crippen molar-refractivity contribution in [2.75, 3.05) is 0 Å². The molecule has 0 aromatic carbocycles. The van der Waals surface area contributed by atoms with Crippen LogP contribution in [0, 0.1) is 11.8 Å². The van der Waals surface area contributed by atoms with Gasteiger partial charge in [0.1, 0.15) is 11.8 Å². The van der Waals surface area contributed by atoms with E-state index in [9.17, 15) is 19.2 Å². The first-order chi connectivity index (χ1) is 16.8. The third-order valence-electron chi connectivity index (χ3n) is 7.28. The van der Waals surface area contributed by atoms with Crippen molar-refractivity contribution in [3.05, 3.63) is 41.7 Å². The zero-order valence-corrected chi connectivity index (χ0v) is 20.5. The van der Waals surface area contributed by atoms with Crippen LogP contribution in [-0.2, 0) is 38.7 Å². The molecule has 1 aliphatic heterocycles. The van der Waals surface area contributed by atoms with E-state index in [1.54, 1.807) is 12.5 Å². The monoisotopic (exact) mass is 482 g/mol. The van der Waals surface area contributed by atoms with E-state index in [0.29, 0.717) is 19.5 Å². The second-order valence-electron chi connectivity index (χ2n) is 9.72. The van der Waals surface area contributed by atoms with Gasteiger partial charge in [-0.15, -0.1) is 0 Å². The predicted molar refractivity (Wildman–Crippen MR) is 128 cm³/mol. The molecule has 3 amide bonds. The van der Waals surface area contributed by atoms with Gasteiger partial charge >= 0.3 is 0 Å². The van der Waals surface area contributed by atoms with Crippen LogP contribution in [0.1, 0.15) is 62.9 Å². The van der Waals surface area contributed by atoms with Crippen LogP contribution < -0.4 is 16.0 Å². The summed E-state index contributed by atoms with van der Waals surface area (Å²) < 4.78 is 2.00. The summed E-state index contributed by atoms with van der Waals surface area (Å²) in [4.78, 5) is 58.4. The Kier molecular flexibility index (Phi) is 7.37. The average Bonchev–Trinajstić information content (AvgIpc) is 3.46. The van der Waals surface area contributed by atoms with E-state index >= 15 is 0 Å². The summed E-state index contributed by atoms with van der Waals surface area (Å²) in [6.07, 6.45) is 7.40. The molecule has 1 aliphatic carbocycles. The molecule has 10 nitrogen and oxygen atoms in total. The van der Waals surface area contributed by atoms with Crippen LogP contribution in [0.15, 0.2) is 24.8 Å². The Balaban J connectivity index is 1.52. The first-order valence-corrected chi connectivity index (χ1v) is 12.3. The van der Waals surface area contributed by atoms with Gasteiger partial charge in [-0.05, 0) is 30.4 Å². The second kappa shape index (κ2) is 10.5. The third kappa shape index (κ3) is 5.31. The number of aromatic nitrogens is 3. The molecule has 2 aromatic rings. The van der Waals surface area contributed by atoms with Crippen molar-refractivity contribution in [2.24, 2.45) is 11.8 Å². The minimum absolute atomic E-state index is 0.0469. The molecule has 0 saturated heterocycles. The fourth-order valence-corrected chi connectivity index (χ4v) is 5.23. The molecule has 2 aliphatic rings. The molecule has 5 atom stereocenters. The highest BCUT2D eigenvalue weighted by Gasteiger charge is 2.42. The number of nitrogens with zero attached hydrogens (tertiary/aromatic N) is 2. The standard InChI is InChI=1S/C25H34N6O4/c1-4-14(2)22(29-15(3)32)25(35)30-19-6-5-16-7-8-31-12-17(9-20(33)21(19)23(16)31)24(34)27-11-18-10-26-13-28-18/h7-8,10,13-14,17,19,21-22H,4-6,9,11-12H2,1-3H3,(H,26,28)(H,27,34)(H,29,32)(H,30,35)/t14-,17-,19-,21?,22-/m0/s1. The minimum atomic E-state index is -0.660. The molecule has 0 radical (unpaired) electrons. The van der Waals surface area contributed by atoms with E-state index in [2.05, 4.69) is 25.9 Å². The van der Waals surface area contributed by atoms with Crippen molar-refractivity contribution < 1.29 is 19.2 Å². The molecule has 0 bridgehead atoms. The molecule has 1 unspecified atom stereocenters. The van der Waals surface area contributed by atoms with Crippen molar-refractivity contribution >= 4 is 23.5 Å². The number of imidazole rings is 1. The number of carbonyl (C=O) groups is 4. The molecule has 4 rings (SSSR count). The van der Waals surface area contributed by atoms with Gasteiger partial charge in [0, 0.05) is 44.0 Å². The summed E-state index contributed by atoms with van der Waals surface area (Å²) in [6.45, 7) is 5.99. The molecule has 0 spiro atoms. The number of rotatable bonds is 8. The Labute approximate surface area is 204 Å². The molecule has 0 fully saturated rings. The predicted octanol–water partition coefficient (Wildman–Crippen LogP) is 1.18. The van der Waals surface area contributed by atoms with Gasteiger partial charge < -0.3 is 25.5 Å². The molecule has 35 heavy (non-hydrogen) atoms. The summed E-state index contributed by atoms with van der Waals surface area (Å²) in [5.74, 6) is -1.84. The topological polar surface area (TPSA) is 138 Å². The zero-order chi connectivity index (χ0) is 25.1. The van der Waals surface area contributed by atoms with Crippen LogP contribution in [-0.4, -0.2) is 50.1 Å². The van der Waals surface area contributed by atoms with Gasteiger partial charge in [0.25, 0.3) is 0 Å². The highest BCUT2D eigenvalue weighted by molar-refractivity contribution is 5.93. The van der Waals surface area contributed by atoms with Gasteiger partial charge in [-0.1, -0.05) is 20.3 Å². The van der Waals surface area contributed by atoms with Crippen molar-refractivity contribution in [1.29, 1.82) is 0 Å². The molecule has 188 valence electrons. The maximum Gasteiger partial charge on any atom is 0.243 e. The van der Waals surface area contributed by atoms with Crippen LogP contribution in [0.25, 0.3) is 0 Å². The Morgan fingerprint density at radius 3 is 2.80 bits per heavy atom. The number of ketones is 1. The van der Waals surface area contributed by atoms with Crippen molar-refractivity contribution in [1.82, 2.24) is 30.5 Å². The number of hydrogen-bond donors (Lipinski definition) is 4. The molecule has 10 heteroatoms. The highest BCUT2D eigenvalue weighted by atomic mass is 16.2. The first-order valence-electron chi connectivity index (χ1n) is 12.3. The van der Waals surface area contributed by atoms with Crippen LogP contribution in [0.4, 0.5) is 0 Å². The number of aromatic amines is 1. The van der Waals surface area contributed by atoms with Crippen LogP contribution >= 0.6 is 0 Å². The number of hydrogen-bond acceptors (Lipinski definition) is 5. The van der Waals surface area contributed by atoms with E-state index in [0.717, 1.165) is 29.8 Å². The maximum atomic E-state index is 13.5. The first kappa shape index (κ1) is 24.7. The number of Topliss-reactive ketones (excluding diaryl/α,β-unsaturated/α-hetero) is 1. The number of H-pyrrole nitrogens is 1. The SMILES string of the molecule is CC[C@H](C)[C@H](NC(C)=O)C(=O)N[C@H]1CCc2ccn3c2C1C(=O)C[C@H](C(=O)NCc1c[nH]cn1)C3. The Morgan fingerprint density at radius 2 is 2.11 bits per heavy atom. The van der Waals surface area contributed by atoms with Crippen molar-refractivity contribution in [2.45, 2.75) is 77.5 Å². The number of nitrogens with one attached hydrogen (secondary N) is 4. The van der Waals surface area contributed by atoms with Gasteiger partial charge in [-0.2, -0.15) is 0 Å². The summed E-state index contributed by atoms with van der Waals surface area (Å²) in [6, 6.07) is 0.964. The number of aryl methyl sites for hydroxylation is 1. The Bertz CT molecular complexity index is 1090. The quantitative estimate of drug-likeness (QED) is 0.448. The van der Waals surface area contributed by atoms with E-state index in [1.165, 1.54) is 6.92 Å². The molecular weight excluding hydrogens is 448 g/mol. The zero-order valence-electron chi connectivity index (χ0n) is 20.5. The minimum Gasteiger partial charge on any atom is -0.351 e. The summed E-state index contributed by atoms with van der Waals surface area (Å²) in [5, 5.41) is 8.73. The highest BCUT2D eigenvalue weighted by Crippen LogP contribution is 2.38. The lowest BCUT2D eigenvalue weighted by Gasteiger charge is -2.34. The smallest absolute Gasteiger partial charge is 0.243 e. The average molecular weight is 483 g/mol. The van der Waals surface area contributed by atoms with E-state index in [-0.39, 0.29) is 41.9 Å². The number of amides is 3. The van der Waals surface area contributed by atoms with Gasteiger partial charge in [-0.25, -0.2) is 4.98 Å². The van der Waals surface area contributed by atoms with Crippen LogP contribution in [0.2, 0.25) is 0 Å². The Morgan fingerprint density at radius 1 is 1.31 bits per heavy atom. The lowest BCUT2D eigenvalue weighted by molar-refractivity contribution is -0.132. The molecule has 3 heterocycles. The van der Waals surface area contributed by atoms with E-state index in [1.807, 2.05) is 30.7 Å². The maximum absolute atomic E-state index is 13.5. The molecule has 2 aromatic heterocycles. The largest absolute Gasteiger partial charge is 0.351 e. The van der Waals surface area contributed by atoms with Gasteiger partial charge in [-0.3, -0.25) is 19.2 Å². The van der Waals surface area contributed by atoms with Crippen molar-refractivity contribution in [3.63, 3.8) is 0 Å². The van der Waals surface area contributed by atoms with Gasteiger partial charge in [0.2, 0.25) is 17.7 Å². The molecule has 0 saturated carbocycles. The third-order valence-corrected chi connectivity index (χ3v) is 7.28. The molecule has 4 N–H and O–H groups in total. The summed E-state index contributed by atoms with van der Waals surface area (Å²) in [7, 11) is 0. The fraction of sp³-hybridized carbons (Fsp3) is 0.560. The van der Waals surface area contributed by atoms with E-state index < -0.39 is 17.9 Å². The van der Waals surface area contributed by atoms with E-state index in [4.69, 9.17) is 0 Å². The lowest BCUT2D eigenvalue weighted by Crippen LogP contribution is -2.54. The van der Waals surface area contributed by atoms with Crippen LogP contribution in [0.3, 0.4) is 0 Å². The molecular formula is C25H34N6O4.